The summed E-state index contributed by atoms with van der Waals surface area (Å²) in [5.41, 5.74) is 0. The van der Waals surface area contributed by atoms with Crippen LogP contribution in [0.3, 0.4) is 0 Å². The van der Waals surface area contributed by atoms with Crippen LogP contribution in [0.1, 0.15) is 6.42 Å². The second-order valence-corrected chi connectivity index (χ2v) is 27.7. The summed E-state index contributed by atoms with van der Waals surface area (Å²) in [4.78, 5) is 23.9. The second-order valence-electron chi connectivity index (χ2n) is 10.7. The second kappa shape index (κ2) is 12.4. The highest BCUT2D eigenvalue weighted by molar-refractivity contribution is 6.90. The van der Waals surface area contributed by atoms with Gasteiger partial charge in [-0.1, -0.05) is 18.2 Å². The fraction of sp³-hybridized carbons (Fsp3) is 0.545. The summed E-state index contributed by atoms with van der Waals surface area (Å²) in [6, 6.07) is 9.24. The van der Waals surface area contributed by atoms with Crippen LogP contribution >= 0.6 is 0 Å². The summed E-state index contributed by atoms with van der Waals surface area (Å²) >= 11 is 0. The molecule has 0 amide bonds. The molecule has 1 aromatic carbocycles. The van der Waals surface area contributed by atoms with E-state index in [1.165, 1.54) is 0 Å². The third-order valence-electron chi connectivity index (χ3n) is 3.57. The summed E-state index contributed by atoms with van der Waals surface area (Å²) in [6.45, 7) is 19.4. The summed E-state index contributed by atoms with van der Waals surface area (Å²) in [5.74, 6) is -0.829. The lowest BCUT2D eigenvalue weighted by Crippen LogP contribution is -2.60. The monoisotopic (exact) mass is 528 g/mol. The van der Waals surface area contributed by atoms with Crippen LogP contribution in [0.25, 0.3) is 0 Å². The molecular weight excluding hydrogens is 489 g/mol. The molecule has 0 spiro atoms. The number of hydrogen-bond acceptors (Lipinski definition) is 7. The summed E-state index contributed by atoms with van der Waals surface area (Å²) in [7, 11) is -8.79. The van der Waals surface area contributed by atoms with Crippen molar-refractivity contribution in [2.45, 2.75) is 71.4 Å². The molecule has 0 radical (unpaired) electrons. The van der Waals surface area contributed by atoms with Gasteiger partial charge < -0.3 is 21.8 Å². The summed E-state index contributed by atoms with van der Waals surface area (Å²) in [5, 5.41) is 0. The zero-order chi connectivity index (χ0) is 25.3. The molecular formula is C22H40O7Si4. The minimum atomic E-state index is -2.95. The predicted octanol–water partition coefficient (Wildman–Crippen LogP) is 5.57. The first-order valence-electron chi connectivity index (χ1n) is 11.2. The van der Waals surface area contributed by atoms with Gasteiger partial charge in [-0.2, -0.15) is 0 Å². The van der Waals surface area contributed by atoms with Crippen molar-refractivity contribution in [1.82, 2.24) is 0 Å². The quantitative estimate of drug-likeness (QED) is 0.109. The fourth-order valence-corrected chi connectivity index (χ4v) is 17.5. The largest absolute Gasteiger partial charge is 0.469 e. The number of hydrogen-bond donors (Lipinski definition) is 0. The maximum atomic E-state index is 12.0. The van der Waals surface area contributed by atoms with Crippen molar-refractivity contribution >= 4 is 45.7 Å². The van der Waals surface area contributed by atoms with E-state index < -0.39 is 45.7 Å². The van der Waals surface area contributed by atoms with Crippen LogP contribution in [-0.2, 0) is 26.7 Å². The van der Waals surface area contributed by atoms with Gasteiger partial charge in [-0.05, 0) is 77.5 Å². The van der Waals surface area contributed by atoms with Gasteiger partial charge in [-0.3, -0.25) is 0 Å². The molecule has 0 atom stereocenters. The average Bonchev–Trinajstić information content (AvgIpc) is 2.60. The number of ether oxygens (including phenoxy) is 2. The van der Waals surface area contributed by atoms with Crippen LogP contribution in [0.2, 0.25) is 65.0 Å². The Labute approximate surface area is 203 Å². The van der Waals surface area contributed by atoms with E-state index in [0.717, 1.165) is 12.2 Å². The first-order chi connectivity index (χ1) is 15.0. The van der Waals surface area contributed by atoms with Gasteiger partial charge in [0.25, 0.3) is 0 Å². The minimum Gasteiger partial charge on any atom is -0.463 e. The van der Waals surface area contributed by atoms with E-state index in [2.05, 4.69) is 58.9 Å². The highest BCUT2D eigenvalue weighted by Crippen LogP contribution is 2.29. The normalized spacial score (nSPS) is 13.2. The standard InChI is InChI=1S/C22H40O7Si4/c1-30(2,3)27-33(28-31(4,5)6,29-32(7,8)9)19-13-18-25-21(23)16-17-22(24)26-20-14-11-10-12-15-20/h10-12,14-17H,13,18-19H2,1-9H3. The van der Waals surface area contributed by atoms with Gasteiger partial charge in [0.15, 0.2) is 25.0 Å². The molecule has 186 valence electrons. The lowest BCUT2D eigenvalue weighted by atomic mass is 10.3. The van der Waals surface area contributed by atoms with E-state index >= 15 is 0 Å². The number of carbonyl (C=O) groups is 2. The van der Waals surface area contributed by atoms with Gasteiger partial charge in [-0.15, -0.1) is 0 Å². The first-order valence-corrected chi connectivity index (χ1v) is 23.4. The number of esters is 2. The Bertz CT molecular complexity index is 753. The SMILES string of the molecule is C[Si](C)(C)O[Si](CCCOC(=O)C=CC(=O)Oc1ccccc1)(O[Si](C)(C)C)O[Si](C)(C)C. The zero-order valence-electron chi connectivity index (χ0n) is 21.5. The molecule has 0 aromatic heterocycles. The number of benzene rings is 1. The molecule has 1 rings (SSSR count). The topological polar surface area (TPSA) is 80.3 Å². The molecule has 33 heavy (non-hydrogen) atoms. The van der Waals surface area contributed by atoms with Crippen LogP contribution in [0.4, 0.5) is 0 Å². The highest BCUT2D eigenvalue weighted by atomic mass is 28.5. The molecule has 0 saturated carbocycles. The summed E-state index contributed by atoms with van der Waals surface area (Å²) in [6.07, 6.45) is 2.69. The molecule has 0 heterocycles. The van der Waals surface area contributed by atoms with Crippen molar-refractivity contribution in [3.05, 3.63) is 42.5 Å². The number of para-hydroxylation sites is 1. The van der Waals surface area contributed by atoms with Crippen molar-refractivity contribution in [2.75, 3.05) is 6.61 Å². The molecule has 0 unspecified atom stereocenters. The third kappa shape index (κ3) is 14.5. The van der Waals surface area contributed by atoms with E-state index in [0.29, 0.717) is 18.2 Å². The van der Waals surface area contributed by atoms with Crippen LogP contribution in [-0.4, -0.2) is 52.3 Å². The molecule has 0 fully saturated rings. The van der Waals surface area contributed by atoms with Gasteiger partial charge in [-0.25, -0.2) is 9.59 Å². The van der Waals surface area contributed by atoms with Crippen molar-refractivity contribution in [1.29, 1.82) is 0 Å². The molecule has 0 bridgehead atoms. The molecule has 0 N–H and O–H groups in total. The van der Waals surface area contributed by atoms with E-state index in [4.69, 9.17) is 21.8 Å². The molecule has 0 saturated heterocycles. The van der Waals surface area contributed by atoms with Gasteiger partial charge in [0.1, 0.15) is 5.75 Å². The van der Waals surface area contributed by atoms with Gasteiger partial charge in [0, 0.05) is 18.2 Å². The van der Waals surface area contributed by atoms with E-state index in [1.807, 2.05) is 6.07 Å². The van der Waals surface area contributed by atoms with E-state index in [-0.39, 0.29) is 6.61 Å². The zero-order valence-corrected chi connectivity index (χ0v) is 25.5. The molecule has 7 nitrogen and oxygen atoms in total. The first kappa shape index (κ1) is 29.7. The number of carbonyl (C=O) groups excluding carboxylic acids is 2. The Morgan fingerprint density at radius 2 is 1.18 bits per heavy atom. The minimum absolute atomic E-state index is 0.185. The Hall–Kier alpha value is -1.35. The van der Waals surface area contributed by atoms with E-state index in [1.54, 1.807) is 24.3 Å². The van der Waals surface area contributed by atoms with Crippen LogP contribution in [0.5, 0.6) is 5.75 Å². The summed E-state index contributed by atoms with van der Waals surface area (Å²) < 4.78 is 30.2. The Kier molecular flexibility index (Phi) is 11.1. The molecule has 0 aliphatic rings. The van der Waals surface area contributed by atoms with E-state index in [9.17, 15) is 9.59 Å². The van der Waals surface area contributed by atoms with Crippen molar-refractivity contribution in [3.63, 3.8) is 0 Å². The van der Waals surface area contributed by atoms with Gasteiger partial charge >= 0.3 is 20.7 Å². The Balaban J connectivity index is 2.70. The Morgan fingerprint density at radius 3 is 1.64 bits per heavy atom. The van der Waals surface area contributed by atoms with Crippen molar-refractivity contribution < 1.29 is 31.4 Å². The highest BCUT2D eigenvalue weighted by Gasteiger charge is 2.49. The molecule has 0 aliphatic carbocycles. The molecule has 0 aliphatic heterocycles. The lowest BCUT2D eigenvalue weighted by molar-refractivity contribution is -0.138. The maximum absolute atomic E-state index is 12.0. The van der Waals surface area contributed by atoms with Crippen LogP contribution in [0, 0.1) is 0 Å². The molecule has 11 heteroatoms. The maximum Gasteiger partial charge on any atom is 0.469 e. The Morgan fingerprint density at radius 1 is 0.727 bits per heavy atom. The fourth-order valence-electron chi connectivity index (χ4n) is 2.90. The van der Waals surface area contributed by atoms with Crippen molar-refractivity contribution in [2.24, 2.45) is 0 Å². The van der Waals surface area contributed by atoms with Crippen LogP contribution in [0.15, 0.2) is 42.5 Å². The van der Waals surface area contributed by atoms with Crippen molar-refractivity contribution in [3.8, 4) is 5.75 Å². The smallest absolute Gasteiger partial charge is 0.463 e. The lowest BCUT2D eigenvalue weighted by Gasteiger charge is -2.42. The average molecular weight is 529 g/mol. The van der Waals surface area contributed by atoms with Crippen LogP contribution < -0.4 is 4.74 Å². The predicted molar refractivity (Wildman–Crippen MR) is 141 cm³/mol. The molecule has 1 aromatic rings. The van der Waals surface area contributed by atoms with Gasteiger partial charge in [0.2, 0.25) is 0 Å². The van der Waals surface area contributed by atoms with Gasteiger partial charge in [0.05, 0.1) is 6.61 Å². The third-order valence-corrected chi connectivity index (χ3v) is 15.6. The number of rotatable bonds is 13.